The van der Waals surface area contributed by atoms with Crippen LogP contribution in [0.2, 0.25) is 0 Å². The molecule has 1 amide bonds. The average molecular weight is 404 g/mol. The monoisotopic (exact) mass is 404 g/mol. The number of benzene rings is 2. The Bertz CT molecular complexity index is 930. The zero-order valence-electron chi connectivity index (χ0n) is 14.1. The minimum Gasteiger partial charge on any atom is -0.340 e. The van der Waals surface area contributed by atoms with E-state index in [0.717, 1.165) is 23.1 Å². The van der Waals surface area contributed by atoms with Gasteiger partial charge in [0.15, 0.2) is 0 Å². The second-order valence-corrected chi connectivity index (χ2v) is 7.46. The maximum Gasteiger partial charge on any atom is 0.416 e. The normalized spacial score (nSPS) is 12.0. The summed E-state index contributed by atoms with van der Waals surface area (Å²) < 4.78 is 78.0. The first-order valence-corrected chi connectivity index (χ1v) is 9.13. The van der Waals surface area contributed by atoms with E-state index in [9.17, 15) is 30.8 Å². The molecule has 0 fully saturated rings. The summed E-state index contributed by atoms with van der Waals surface area (Å²) in [6.45, 7) is -0.764. The first kappa shape index (κ1) is 20.8. The average Bonchev–Trinajstić information content (AvgIpc) is 2.61. The lowest BCUT2D eigenvalue weighted by Gasteiger charge is -2.18. The van der Waals surface area contributed by atoms with E-state index < -0.39 is 44.9 Å². The number of alkyl halides is 3. The van der Waals surface area contributed by atoms with Crippen LogP contribution in [0, 0.1) is 5.82 Å². The summed E-state index contributed by atoms with van der Waals surface area (Å²) in [5.41, 5.74) is -0.873. The quantitative estimate of drug-likeness (QED) is 0.753. The number of nitrogens with zero attached hydrogens (tertiary/aromatic N) is 1. The van der Waals surface area contributed by atoms with Crippen molar-refractivity contribution in [3.8, 4) is 0 Å². The number of hydrogen-bond donors (Lipinski definition) is 1. The summed E-state index contributed by atoms with van der Waals surface area (Å²) in [6.07, 6.45) is -4.69. The Labute approximate surface area is 153 Å². The summed E-state index contributed by atoms with van der Waals surface area (Å²) in [6, 6.07) is 8.96. The van der Waals surface area contributed by atoms with Crippen molar-refractivity contribution in [3.63, 3.8) is 0 Å². The molecule has 0 heterocycles. The van der Waals surface area contributed by atoms with Gasteiger partial charge in [0.1, 0.15) is 5.82 Å². The van der Waals surface area contributed by atoms with Crippen molar-refractivity contribution >= 4 is 15.9 Å². The van der Waals surface area contributed by atoms with Gasteiger partial charge >= 0.3 is 6.18 Å². The molecule has 0 bridgehead atoms. The Morgan fingerprint density at radius 1 is 1.11 bits per heavy atom. The predicted octanol–water partition coefficient (Wildman–Crippen LogP) is 2.78. The molecular formula is C17H16F4N2O3S. The highest BCUT2D eigenvalue weighted by molar-refractivity contribution is 7.89. The van der Waals surface area contributed by atoms with Crippen LogP contribution in [-0.4, -0.2) is 32.8 Å². The molecular weight excluding hydrogens is 388 g/mol. The zero-order valence-corrected chi connectivity index (χ0v) is 14.9. The van der Waals surface area contributed by atoms with Crippen LogP contribution in [0.4, 0.5) is 17.6 Å². The molecule has 0 aliphatic heterocycles. The first-order valence-electron chi connectivity index (χ1n) is 7.65. The lowest BCUT2D eigenvalue weighted by molar-refractivity contribution is -0.137. The van der Waals surface area contributed by atoms with E-state index in [-0.39, 0.29) is 12.1 Å². The van der Waals surface area contributed by atoms with Crippen molar-refractivity contribution in [1.29, 1.82) is 0 Å². The lowest BCUT2D eigenvalue weighted by Crippen LogP contribution is -2.38. The maximum absolute atomic E-state index is 13.6. The zero-order chi connectivity index (χ0) is 20.2. The SMILES string of the molecule is CN(Cc1ccccc1F)C(=O)CNS(=O)(=O)c1cccc(C(F)(F)F)c1. The Morgan fingerprint density at radius 2 is 1.78 bits per heavy atom. The Balaban J connectivity index is 2.04. The molecule has 2 aromatic carbocycles. The van der Waals surface area contributed by atoms with Crippen molar-refractivity contribution < 1.29 is 30.8 Å². The second-order valence-electron chi connectivity index (χ2n) is 5.69. The number of halogens is 4. The highest BCUT2D eigenvalue weighted by atomic mass is 32.2. The largest absolute Gasteiger partial charge is 0.416 e. The Hall–Kier alpha value is -2.46. The highest BCUT2D eigenvalue weighted by Crippen LogP contribution is 2.30. The van der Waals surface area contributed by atoms with Crippen LogP contribution in [0.15, 0.2) is 53.4 Å². The van der Waals surface area contributed by atoms with Crippen LogP contribution >= 0.6 is 0 Å². The number of nitrogens with one attached hydrogen (secondary N) is 1. The van der Waals surface area contributed by atoms with E-state index in [1.807, 2.05) is 4.72 Å². The number of rotatable bonds is 6. The van der Waals surface area contributed by atoms with Crippen molar-refractivity contribution in [1.82, 2.24) is 9.62 Å². The Morgan fingerprint density at radius 3 is 2.41 bits per heavy atom. The van der Waals surface area contributed by atoms with Gasteiger partial charge in [-0.05, 0) is 24.3 Å². The number of hydrogen-bond acceptors (Lipinski definition) is 3. The van der Waals surface area contributed by atoms with Crippen molar-refractivity contribution in [2.24, 2.45) is 0 Å². The summed E-state index contributed by atoms with van der Waals surface area (Å²) in [5, 5.41) is 0. The molecule has 10 heteroatoms. The fourth-order valence-electron chi connectivity index (χ4n) is 2.18. The van der Waals surface area contributed by atoms with E-state index in [2.05, 4.69) is 0 Å². The summed E-state index contributed by atoms with van der Waals surface area (Å²) in [7, 11) is -2.97. The number of likely N-dealkylation sites (N-methyl/N-ethyl adjacent to an activating group) is 1. The summed E-state index contributed by atoms with van der Waals surface area (Å²) in [5.74, 6) is -1.18. The van der Waals surface area contributed by atoms with E-state index in [4.69, 9.17) is 0 Å². The van der Waals surface area contributed by atoms with Gasteiger partial charge in [-0.15, -0.1) is 0 Å². The fourth-order valence-corrected chi connectivity index (χ4v) is 3.20. The fraction of sp³-hybridized carbons (Fsp3) is 0.235. The van der Waals surface area contributed by atoms with E-state index in [1.54, 1.807) is 6.07 Å². The molecule has 0 spiro atoms. The van der Waals surface area contributed by atoms with Crippen molar-refractivity contribution in [2.75, 3.05) is 13.6 Å². The first-order chi connectivity index (χ1) is 12.5. The predicted molar refractivity (Wildman–Crippen MR) is 89.5 cm³/mol. The Kier molecular flexibility index (Phi) is 6.22. The molecule has 0 atom stereocenters. The van der Waals surface area contributed by atoms with Crippen LogP contribution in [-0.2, 0) is 27.5 Å². The molecule has 0 aromatic heterocycles. The van der Waals surface area contributed by atoms with Crippen LogP contribution < -0.4 is 4.72 Å². The van der Waals surface area contributed by atoms with Gasteiger partial charge in [0, 0.05) is 19.2 Å². The van der Waals surface area contributed by atoms with Crippen LogP contribution in [0.5, 0.6) is 0 Å². The molecule has 2 rings (SSSR count). The van der Waals surface area contributed by atoms with Gasteiger partial charge in [-0.2, -0.15) is 13.2 Å². The van der Waals surface area contributed by atoms with Gasteiger partial charge in [0.05, 0.1) is 17.0 Å². The molecule has 146 valence electrons. The smallest absolute Gasteiger partial charge is 0.340 e. The van der Waals surface area contributed by atoms with Gasteiger partial charge in [-0.25, -0.2) is 17.5 Å². The molecule has 0 aliphatic rings. The topological polar surface area (TPSA) is 66.5 Å². The number of sulfonamides is 1. The minimum absolute atomic E-state index is 0.0865. The van der Waals surface area contributed by atoms with Gasteiger partial charge in [0.2, 0.25) is 15.9 Å². The third-order valence-electron chi connectivity index (χ3n) is 3.68. The summed E-state index contributed by atoms with van der Waals surface area (Å²) >= 11 is 0. The minimum atomic E-state index is -4.69. The molecule has 0 radical (unpaired) electrons. The molecule has 5 nitrogen and oxygen atoms in total. The van der Waals surface area contributed by atoms with Crippen LogP contribution in [0.1, 0.15) is 11.1 Å². The van der Waals surface area contributed by atoms with Crippen LogP contribution in [0.25, 0.3) is 0 Å². The molecule has 0 unspecified atom stereocenters. The molecule has 0 aliphatic carbocycles. The number of amides is 1. The van der Waals surface area contributed by atoms with Crippen molar-refractivity contribution in [2.45, 2.75) is 17.6 Å². The molecule has 1 N–H and O–H groups in total. The van der Waals surface area contributed by atoms with E-state index >= 15 is 0 Å². The number of carbonyl (C=O) groups excluding carboxylic acids is 1. The third kappa shape index (κ3) is 5.51. The molecule has 0 saturated heterocycles. The second kappa shape index (κ2) is 8.05. The number of carbonyl (C=O) groups is 1. The van der Waals surface area contributed by atoms with Gasteiger partial charge in [-0.1, -0.05) is 24.3 Å². The van der Waals surface area contributed by atoms with Gasteiger partial charge in [-0.3, -0.25) is 4.79 Å². The maximum atomic E-state index is 13.6. The van der Waals surface area contributed by atoms with Crippen LogP contribution in [0.3, 0.4) is 0 Å². The summed E-state index contributed by atoms with van der Waals surface area (Å²) in [4.78, 5) is 12.6. The van der Waals surface area contributed by atoms with E-state index in [0.29, 0.717) is 6.07 Å². The standard InChI is InChI=1S/C17H16F4N2O3S/c1-23(11-12-5-2-3-8-15(12)18)16(24)10-22-27(25,26)14-7-4-6-13(9-14)17(19,20)21/h2-9,22H,10-11H2,1H3. The molecule has 2 aromatic rings. The van der Waals surface area contributed by atoms with Gasteiger partial charge in [0.25, 0.3) is 0 Å². The lowest BCUT2D eigenvalue weighted by atomic mass is 10.2. The molecule has 27 heavy (non-hydrogen) atoms. The van der Waals surface area contributed by atoms with Gasteiger partial charge < -0.3 is 4.90 Å². The third-order valence-corrected chi connectivity index (χ3v) is 5.08. The van der Waals surface area contributed by atoms with E-state index in [1.165, 1.54) is 25.2 Å². The highest BCUT2D eigenvalue weighted by Gasteiger charge is 2.31. The van der Waals surface area contributed by atoms with Crippen molar-refractivity contribution in [3.05, 3.63) is 65.5 Å². The molecule has 0 saturated carbocycles.